The molecule has 1 N–H and O–H groups in total. The molecule has 4 heteroatoms. The summed E-state index contributed by atoms with van der Waals surface area (Å²) >= 11 is 5.91. The molecule has 3 nitrogen and oxygen atoms in total. The zero-order valence-corrected chi connectivity index (χ0v) is 12.4. The molecule has 0 aliphatic carbocycles. The molecule has 2 aromatic rings. The lowest BCUT2D eigenvalue weighted by molar-refractivity contribution is 0.562. The molecule has 0 unspecified atom stereocenters. The van der Waals surface area contributed by atoms with Crippen LogP contribution >= 0.6 is 11.6 Å². The zero-order valence-electron chi connectivity index (χ0n) is 11.7. The Hall–Kier alpha value is -1.32. The smallest absolute Gasteiger partial charge is 0.106 e. The molecule has 0 aliphatic rings. The maximum Gasteiger partial charge on any atom is 0.106 e. The fourth-order valence-electron chi connectivity index (χ4n) is 1.95. The first-order valence-electron chi connectivity index (χ1n) is 6.55. The topological polar surface area (TPSA) is 29.9 Å². The van der Waals surface area contributed by atoms with Crippen LogP contribution in [0.25, 0.3) is 0 Å². The van der Waals surface area contributed by atoms with Gasteiger partial charge in [0.15, 0.2) is 0 Å². The number of aromatic nitrogens is 2. The van der Waals surface area contributed by atoms with Crippen LogP contribution < -0.4 is 5.32 Å². The lowest BCUT2D eigenvalue weighted by Crippen LogP contribution is -2.23. The van der Waals surface area contributed by atoms with Crippen molar-refractivity contribution in [3.63, 3.8) is 0 Å². The van der Waals surface area contributed by atoms with Crippen molar-refractivity contribution < 1.29 is 0 Å². The minimum Gasteiger partial charge on any atom is -0.327 e. The van der Waals surface area contributed by atoms with Gasteiger partial charge in [0.25, 0.3) is 0 Å². The van der Waals surface area contributed by atoms with E-state index in [4.69, 9.17) is 11.6 Å². The quantitative estimate of drug-likeness (QED) is 0.908. The molecular formula is C15H20ClN3. The van der Waals surface area contributed by atoms with E-state index in [1.807, 2.05) is 25.3 Å². The van der Waals surface area contributed by atoms with Crippen molar-refractivity contribution in [2.24, 2.45) is 0 Å². The Morgan fingerprint density at radius 2 is 1.95 bits per heavy atom. The van der Waals surface area contributed by atoms with Gasteiger partial charge < -0.3 is 9.88 Å². The van der Waals surface area contributed by atoms with Gasteiger partial charge >= 0.3 is 0 Å². The van der Waals surface area contributed by atoms with E-state index in [0.717, 1.165) is 23.9 Å². The van der Waals surface area contributed by atoms with Crippen LogP contribution in [0.3, 0.4) is 0 Å². The summed E-state index contributed by atoms with van der Waals surface area (Å²) in [4.78, 5) is 4.41. The normalized spacial score (nSPS) is 11.2. The maximum atomic E-state index is 5.91. The van der Waals surface area contributed by atoms with E-state index in [0.29, 0.717) is 6.04 Å². The Balaban J connectivity index is 2.14. The van der Waals surface area contributed by atoms with E-state index in [1.165, 1.54) is 11.3 Å². The highest BCUT2D eigenvalue weighted by Gasteiger charge is 2.07. The summed E-state index contributed by atoms with van der Waals surface area (Å²) in [5.41, 5.74) is 2.44. The Labute approximate surface area is 119 Å². The third kappa shape index (κ3) is 3.82. The van der Waals surface area contributed by atoms with Crippen molar-refractivity contribution >= 4 is 11.6 Å². The van der Waals surface area contributed by atoms with Crippen molar-refractivity contribution in [1.82, 2.24) is 14.9 Å². The van der Waals surface area contributed by atoms with E-state index in [9.17, 15) is 0 Å². The number of nitrogens with zero attached hydrogens (tertiary/aromatic N) is 2. The van der Waals surface area contributed by atoms with Crippen LogP contribution in [0, 0.1) is 6.92 Å². The lowest BCUT2D eigenvalue weighted by atomic mass is 10.2. The van der Waals surface area contributed by atoms with Gasteiger partial charge in [-0.25, -0.2) is 4.98 Å². The van der Waals surface area contributed by atoms with E-state index >= 15 is 0 Å². The Morgan fingerprint density at radius 3 is 2.58 bits per heavy atom. The van der Waals surface area contributed by atoms with E-state index in [1.54, 1.807) is 0 Å². The molecule has 1 heterocycles. The van der Waals surface area contributed by atoms with Crippen LogP contribution in [0.2, 0.25) is 5.02 Å². The van der Waals surface area contributed by atoms with Crippen LogP contribution in [0.5, 0.6) is 0 Å². The first kappa shape index (κ1) is 14.1. The van der Waals surface area contributed by atoms with Crippen LogP contribution in [0.15, 0.2) is 30.5 Å². The number of imidazole rings is 1. The van der Waals surface area contributed by atoms with Crippen molar-refractivity contribution in [3.05, 3.63) is 52.6 Å². The highest BCUT2D eigenvalue weighted by molar-refractivity contribution is 6.30. The van der Waals surface area contributed by atoms with Crippen molar-refractivity contribution in [2.45, 2.75) is 39.9 Å². The molecule has 2 rings (SSSR count). The number of benzene rings is 1. The second-order valence-corrected chi connectivity index (χ2v) is 5.48. The molecule has 0 fully saturated rings. The lowest BCUT2D eigenvalue weighted by Gasteiger charge is -2.13. The standard InChI is InChI=1S/C15H20ClN3/c1-11(2)17-8-15-9-18-12(3)19(15)10-13-4-6-14(16)7-5-13/h4-7,9,11,17H,8,10H2,1-3H3. The number of nitrogens with one attached hydrogen (secondary N) is 1. The minimum atomic E-state index is 0.471. The number of hydrogen-bond acceptors (Lipinski definition) is 2. The Bertz CT molecular complexity index is 529. The van der Waals surface area contributed by atoms with Crippen LogP contribution in [-0.4, -0.2) is 15.6 Å². The summed E-state index contributed by atoms with van der Waals surface area (Å²) in [6.45, 7) is 8.00. The number of halogens is 1. The van der Waals surface area contributed by atoms with Crippen molar-refractivity contribution in [2.75, 3.05) is 0 Å². The Morgan fingerprint density at radius 1 is 1.26 bits per heavy atom. The molecule has 0 bridgehead atoms. The van der Waals surface area contributed by atoms with Gasteiger partial charge in [-0.3, -0.25) is 0 Å². The third-order valence-corrected chi connectivity index (χ3v) is 3.34. The molecule has 0 atom stereocenters. The summed E-state index contributed by atoms with van der Waals surface area (Å²) in [7, 11) is 0. The summed E-state index contributed by atoms with van der Waals surface area (Å²) in [6, 6.07) is 8.44. The summed E-state index contributed by atoms with van der Waals surface area (Å²) in [5, 5.41) is 4.20. The van der Waals surface area contributed by atoms with Gasteiger partial charge in [-0.1, -0.05) is 37.6 Å². The predicted octanol–water partition coefficient (Wildman–Crippen LogP) is 3.39. The maximum absolute atomic E-state index is 5.91. The van der Waals surface area contributed by atoms with Crippen LogP contribution in [0.4, 0.5) is 0 Å². The van der Waals surface area contributed by atoms with Gasteiger partial charge in [-0.05, 0) is 24.6 Å². The summed E-state index contributed by atoms with van der Waals surface area (Å²) in [6.07, 6.45) is 1.95. The van der Waals surface area contributed by atoms with Gasteiger partial charge in [0, 0.05) is 30.4 Å². The molecule has 0 radical (unpaired) electrons. The van der Waals surface area contributed by atoms with Gasteiger partial charge in [0.05, 0.1) is 5.69 Å². The third-order valence-electron chi connectivity index (χ3n) is 3.08. The summed E-state index contributed by atoms with van der Waals surface area (Å²) in [5.74, 6) is 1.04. The SMILES string of the molecule is Cc1ncc(CNC(C)C)n1Cc1ccc(Cl)cc1. The molecule has 0 aliphatic heterocycles. The van der Waals surface area contributed by atoms with Crippen LogP contribution in [0.1, 0.15) is 30.9 Å². The van der Waals surface area contributed by atoms with E-state index in [-0.39, 0.29) is 0 Å². The molecule has 0 saturated carbocycles. The van der Waals surface area contributed by atoms with Gasteiger partial charge in [-0.15, -0.1) is 0 Å². The zero-order chi connectivity index (χ0) is 13.8. The first-order valence-corrected chi connectivity index (χ1v) is 6.93. The average molecular weight is 278 g/mol. The number of rotatable bonds is 5. The predicted molar refractivity (Wildman–Crippen MR) is 79.5 cm³/mol. The average Bonchev–Trinajstić information content (AvgIpc) is 2.71. The van der Waals surface area contributed by atoms with Gasteiger partial charge in [0.2, 0.25) is 0 Å². The largest absolute Gasteiger partial charge is 0.327 e. The number of aryl methyl sites for hydroxylation is 1. The molecule has 0 saturated heterocycles. The molecule has 102 valence electrons. The van der Waals surface area contributed by atoms with Gasteiger partial charge in [0.1, 0.15) is 5.82 Å². The minimum absolute atomic E-state index is 0.471. The molecule has 1 aromatic carbocycles. The van der Waals surface area contributed by atoms with Crippen LogP contribution in [-0.2, 0) is 13.1 Å². The van der Waals surface area contributed by atoms with Crippen molar-refractivity contribution in [1.29, 1.82) is 0 Å². The second kappa shape index (κ2) is 6.22. The van der Waals surface area contributed by atoms with E-state index in [2.05, 4.69) is 40.8 Å². The van der Waals surface area contributed by atoms with Gasteiger partial charge in [-0.2, -0.15) is 0 Å². The fourth-order valence-corrected chi connectivity index (χ4v) is 2.08. The van der Waals surface area contributed by atoms with Crippen molar-refractivity contribution in [3.8, 4) is 0 Å². The fraction of sp³-hybridized carbons (Fsp3) is 0.400. The Kier molecular flexibility index (Phi) is 4.61. The summed E-state index contributed by atoms with van der Waals surface area (Å²) < 4.78 is 2.23. The highest BCUT2D eigenvalue weighted by Crippen LogP contribution is 2.13. The highest BCUT2D eigenvalue weighted by atomic mass is 35.5. The molecule has 0 spiro atoms. The van der Waals surface area contributed by atoms with E-state index < -0.39 is 0 Å². The molecule has 0 amide bonds. The number of hydrogen-bond donors (Lipinski definition) is 1. The first-order chi connectivity index (χ1) is 9.06. The molecule has 1 aromatic heterocycles. The molecular weight excluding hydrogens is 258 g/mol. The molecule has 19 heavy (non-hydrogen) atoms. The second-order valence-electron chi connectivity index (χ2n) is 5.04. The monoisotopic (exact) mass is 277 g/mol.